The Morgan fingerprint density at radius 1 is 0.950 bits per heavy atom. The van der Waals surface area contributed by atoms with E-state index in [1.807, 2.05) is 0 Å². The van der Waals surface area contributed by atoms with Crippen molar-refractivity contribution in [1.29, 1.82) is 0 Å². The molecular formula is C12H7ClN2O5. The molecule has 20 heavy (non-hydrogen) atoms. The standard InChI is InChI=1S/C12H7ClN2O5/c13-9-6-5-8(7-11(9)15(18)19)20-12-4-2-1-3-10(12)14(16)17/h1-7H. The number of hydrogen-bond donors (Lipinski definition) is 0. The maximum absolute atomic E-state index is 10.8. The van der Waals surface area contributed by atoms with Gasteiger partial charge in [-0.3, -0.25) is 20.2 Å². The van der Waals surface area contributed by atoms with E-state index >= 15 is 0 Å². The quantitative estimate of drug-likeness (QED) is 0.628. The molecule has 7 nitrogen and oxygen atoms in total. The molecule has 0 saturated carbocycles. The lowest BCUT2D eigenvalue weighted by Crippen LogP contribution is -1.94. The van der Waals surface area contributed by atoms with Crippen LogP contribution in [0.2, 0.25) is 5.02 Å². The van der Waals surface area contributed by atoms with E-state index in [0.29, 0.717) is 0 Å². The minimum Gasteiger partial charge on any atom is -0.450 e. The molecule has 0 amide bonds. The van der Waals surface area contributed by atoms with Crippen molar-refractivity contribution < 1.29 is 14.6 Å². The molecule has 0 spiro atoms. The van der Waals surface area contributed by atoms with Crippen LogP contribution in [0.1, 0.15) is 0 Å². The van der Waals surface area contributed by atoms with E-state index in [9.17, 15) is 20.2 Å². The van der Waals surface area contributed by atoms with Gasteiger partial charge in [-0.1, -0.05) is 23.7 Å². The molecule has 0 aromatic heterocycles. The van der Waals surface area contributed by atoms with Crippen molar-refractivity contribution in [3.63, 3.8) is 0 Å². The molecule has 0 fully saturated rings. The predicted molar refractivity (Wildman–Crippen MR) is 71.3 cm³/mol. The summed E-state index contributed by atoms with van der Waals surface area (Å²) in [6.07, 6.45) is 0. The summed E-state index contributed by atoms with van der Waals surface area (Å²) in [5.41, 5.74) is -0.562. The third kappa shape index (κ3) is 2.83. The summed E-state index contributed by atoms with van der Waals surface area (Å²) in [7, 11) is 0. The zero-order valence-corrected chi connectivity index (χ0v) is 10.6. The van der Waals surface area contributed by atoms with Gasteiger partial charge in [-0.15, -0.1) is 0 Å². The van der Waals surface area contributed by atoms with Gasteiger partial charge in [0, 0.05) is 6.07 Å². The first-order chi connectivity index (χ1) is 9.49. The molecule has 0 unspecified atom stereocenters. The van der Waals surface area contributed by atoms with Gasteiger partial charge in [0.15, 0.2) is 0 Å². The minimum atomic E-state index is -0.658. The third-order valence-corrected chi connectivity index (χ3v) is 2.72. The molecule has 0 N–H and O–H groups in total. The van der Waals surface area contributed by atoms with Crippen LogP contribution < -0.4 is 4.74 Å². The average Bonchev–Trinajstić information content (AvgIpc) is 2.41. The SMILES string of the molecule is O=[N+]([O-])c1cc(Oc2ccccc2[N+](=O)[O-])ccc1Cl. The second-order valence-corrected chi connectivity index (χ2v) is 4.10. The second kappa shape index (κ2) is 5.54. The highest BCUT2D eigenvalue weighted by Gasteiger charge is 2.17. The van der Waals surface area contributed by atoms with Crippen molar-refractivity contribution >= 4 is 23.0 Å². The van der Waals surface area contributed by atoms with Crippen molar-refractivity contribution in [2.45, 2.75) is 0 Å². The first-order valence-corrected chi connectivity index (χ1v) is 5.72. The van der Waals surface area contributed by atoms with E-state index in [1.54, 1.807) is 6.07 Å². The smallest absolute Gasteiger partial charge is 0.311 e. The van der Waals surface area contributed by atoms with Crippen molar-refractivity contribution in [1.82, 2.24) is 0 Å². The summed E-state index contributed by atoms with van der Waals surface area (Å²) >= 11 is 5.67. The summed E-state index contributed by atoms with van der Waals surface area (Å²) in [6, 6.07) is 9.54. The minimum absolute atomic E-state index is 0.00544. The Balaban J connectivity index is 2.38. The molecule has 0 saturated heterocycles. The Labute approximate surface area is 117 Å². The number of rotatable bonds is 4. The highest BCUT2D eigenvalue weighted by atomic mass is 35.5. The summed E-state index contributed by atoms with van der Waals surface area (Å²) in [6.45, 7) is 0. The molecule has 2 aromatic carbocycles. The Bertz CT molecular complexity index is 689. The number of benzene rings is 2. The molecular weight excluding hydrogens is 288 g/mol. The molecule has 102 valence electrons. The molecule has 0 heterocycles. The van der Waals surface area contributed by atoms with Crippen LogP contribution in [0.5, 0.6) is 11.5 Å². The van der Waals surface area contributed by atoms with Crippen molar-refractivity contribution in [3.05, 3.63) is 67.7 Å². The van der Waals surface area contributed by atoms with Gasteiger partial charge in [-0.2, -0.15) is 0 Å². The highest BCUT2D eigenvalue weighted by Crippen LogP contribution is 2.34. The number of nitrogens with zero attached hydrogens (tertiary/aromatic N) is 2. The van der Waals surface area contributed by atoms with E-state index in [2.05, 4.69) is 0 Å². The molecule has 2 aromatic rings. The van der Waals surface area contributed by atoms with Crippen LogP contribution >= 0.6 is 11.6 Å². The molecule has 0 aliphatic rings. The Hall–Kier alpha value is -2.67. The summed E-state index contributed by atoms with van der Waals surface area (Å²) in [4.78, 5) is 20.3. The van der Waals surface area contributed by atoms with E-state index in [0.717, 1.165) is 6.07 Å². The lowest BCUT2D eigenvalue weighted by atomic mass is 10.3. The van der Waals surface area contributed by atoms with Crippen LogP contribution in [0.25, 0.3) is 0 Å². The van der Waals surface area contributed by atoms with Crippen molar-refractivity contribution in [3.8, 4) is 11.5 Å². The fourth-order valence-electron chi connectivity index (χ4n) is 1.52. The van der Waals surface area contributed by atoms with Gasteiger partial charge in [-0.05, 0) is 18.2 Å². The number of nitro benzene ring substituents is 2. The fraction of sp³-hybridized carbons (Fsp3) is 0. The first kappa shape index (κ1) is 13.8. The first-order valence-electron chi connectivity index (χ1n) is 5.34. The van der Waals surface area contributed by atoms with Gasteiger partial charge >= 0.3 is 5.69 Å². The monoisotopic (exact) mass is 294 g/mol. The molecule has 0 radical (unpaired) electrons. The molecule has 0 aliphatic carbocycles. The predicted octanol–water partition coefficient (Wildman–Crippen LogP) is 3.95. The normalized spacial score (nSPS) is 10.1. The summed E-state index contributed by atoms with van der Waals surface area (Å²) < 4.78 is 5.31. The maximum Gasteiger partial charge on any atom is 0.311 e. The van der Waals surface area contributed by atoms with Gasteiger partial charge < -0.3 is 4.74 Å². The van der Waals surface area contributed by atoms with Crippen LogP contribution in [0.15, 0.2) is 42.5 Å². The second-order valence-electron chi connectivity index (χ2n) is 3.70. The van der Waals surface area contributed by atoms with E-state index in [1.165, 1.54) is 30.3 Å². The Morgan fingerprint density at radius 3 is 2.25 bits per heavy atom. The van der Waals surface area contributed by atoms with Gasteiger partial charge in [0.1, 0.15) is 10.8 Å². The van der Waals surface area contributed by atoms with Crippen molar-refractivity contribution in [2.75, 3.05) is 0 Å². The Kier molecular flexibility index (Phi) is 3.81. The van der Waals surface area contributed by atoms with Crippen LogP contribution in [-0.2, 0) is 0 Å². The van der Waals surface area contributed by atoms with Crippen LogP contribution in [0.4, 0.5) is 11.4 Å². The van der Waals surface area contributed by atoms with Gasteiger partial charge in [0.2, 0.25) is 5.75 Å². The van der Waals surface area contributed by atoms with E-state index in [-0.39, 0.29) is 27.9 Å². The zero-order chi connectivity index (χ0) is 14.7. The number of nitro groups is 2. The zero-order valence-electron chi connectivity index (χ0n) is 9.86. The third-order valence-electron chi connectivity index (χ3n) is 2.40. The number of para-hydroxylation sites is 2. The lowest BCUT2D eigenvalue weighted by Gasteiger charge is -2.06. The molecule has 0 bridgehead atoms. The lowest BCUT2D eigenvalue weighted by molar-refractivity contribution is -0.386. The topological polar surface area (TPSA) is 95.5 Å². The molecule has 2 rings (SSSR count). The average molecular weight is 295 g/mol. The van der Waals surface area contributed by atoms with Crippen LogP contribution in [-0.4, -0.2) is 9.85 Å². The molecule has 0 atom stereocenters. The number of hydrogen-bond acceptors (Lipinski definition) is 5. The summed E-state index contributed by atoms with van der Waals surface area (Å²) in [5, 5.41) is 21.6. The van der Waals surface area contributed by atoms with Gasteiger partial charge in [-0.25, -0.2) is 0 Å². The van der Waals surface area contributed by atoms with Gasteiger partial charge in [0.05, 0.1) is 15.9 Å². The van der Waals surface area contributed by atoms with E-state index < -0.39 is 9.85 Å². The molecule has 8 heteroatoms. The van der Waals surface area contributed by atoms with Gasteiger partial charge in [0.25, 0.3) is 5.69 Å². The molecule has 0 aliphatic heterocycles. The fourth-order valence-corrected chi connectivity index (χ4v) is 1.70. The highest BCUT2D eigenvalue weighted by molar-refractivity contribution is 6.32. The maximum atomic E-state index is 10.8. The Morgan fingerprint density at radius 2 is 1.60 bits per heavy atom. The van der Waals surface area contributed by atoms with E-state index in [4.69, 9.17) is 16.3 Å². The largest absolute Gasteiger partial charge is 0.450 e. The van der Waals surface area contributed by atoms with Crippen LogP contribution in [0.3, 0.4) is 0 Å². The van der Waals surface area contributed by atoms with Crippen LogP contribution in [0, 0.1) is 20.2 Å². The summed E-state index contributed by atoms with van der Waals surface area (Å²) in [5.74, 6) is 0.0875. The number of halogens is 1. The van der Waals surface area contributed by atoms with Crippen molar-refractivity contribution in [2.24, 2.45) is 0 Å². The number of ether oxygens (including phenoxy) is 1.